The Morgan fingerprint density at radius 1 is 0.833 bits per heavy atom. The Kier molecular flexibility index (Phi) is 10.4. The van der Waals surface area contributed by atoms with Gasteiger partial charge in [-0.05, 0) is 6.92 Å². The van der Waals surface area contributed by atoms with Crippen molar-refractivity contribution in [3.63, 3.8) is 0 Å². The molecule has 0 rings (SSSR count). The van der Waals surface area contributed by atoms with Crippen LogP contribution in [0.4, 0.5) is 0 Å². The molecule has 6 N–H and O–H groups in total. The molecule has 0 radical (unpaired) electrons. The van der Waals surface area contributed by atoms with E-state index >= 15 is 0 Å². The molecule has 0 bridgehead atoms. The number of hydrogen-bond acceptors (Lipinski definition) is 6. The van der Waals surface area contributed by atoms with Crippen molar-refractivity contribution < 1.29 is 20.4 Å². The first-order chi connectivity index (χ1) is 8.45. The molecule has 0 aliphatic rings. The van der Waals surface area contributed by atoms with E-state index in [0.717, 1.165) is 0 Å². The fraction of sp³-hybridized carbons (Fsp3) is 1.00. The third-order valence-corrected chi connectivity index (χ3v) is 2.83. The molecular weight excluding hydrogens is 283 g/mol. The molecule has 8 heteroatoms. The summed E-state index contributed by atoms with van der Waals surface area (Å²) in [5.74, 6) is 0.668. The molecule has 18 heavy (non-hydrogen) atoms. The van der Waals surface area contributed by atoms with Gasteiger partial charge in [-0.25, -0.2) is 0 Å². The minimum atomic E-state index is -1.49. The third-order valence-electron chi connectivity index (χ3n) is 2.45. The summed E-state index contributed by atoms with van der Waals surface area (Å²) in [5.41, 5.74) is 0. The minimum Gasteiger partial charge on any atom is -0.391 e. The zero-order valence-corrected chi connectivity index (χ0v) is 11.8. The van der Waals surface area contributed by atoms with Gasteiger partial charge in [0.05, 0.1) is 12.3 Å². The second kappa shape index (κ2) is 10.2. The van der Waals surface area contributed by atoms with Crippen molar-refractivity contribution >= 4 is 23.2 Å². The van der Waals surface area contributed by atoms with E-state index < -0.39 is 30.6 Å². The molecular formula is C10H22Cl2N2O4. The molecule has 0 saturated carbocycles. The summed E-state index contributed by atoms with van der Waals surface area (Å²) in [7, 11) is 0. The van der Waals surface area contributed by atoms with E-state index in [1.165, 1.54) is 6.92 Å². The lowest BCUT2D eigenvalue weighted by atomic mass is 10.0. The molecule has 0 saturated heterocycles. The zero-order chi connectivity index (χ0) is 14.1. The number of halogens is 2. The molecule has 4 atom stereocenters. The van der Waals surface area contributed by atoms with Gasteiger partial charge in [-0.2, -0.15) is 0 Å². The summed E-state index contributed by atoms with van der Waals surface area (Å²) in [4.78, 5) is 0. The summed E-state index contributed by atoms with van der Waals surface area (Å²) in [6, 6.07) is 0. The third kappa shape index (κ3) is 6.49. The largest absolute Gasteiger partial charge is 0.391 e. The Morgan fingerprint density at radius 3 is 1.61 bits per heavy atom. The van der Waals surface area contributed by atoms with Crippen molar-refractivity contribution in [2.75, 3.05) is 24.8 Å². The number of rotatable bonds is 10. The Bertz CT molecular complexity index is 204. The number of aliphatic hydroxyl groups is 4. The molecule has 0 aliphatic heterocycles. The minimum absolute atomic E-state index is 0.334. The van der Waals surface area contributed by atoms with Gasteiger partial charge in [-0.15, -0.1) is 23.2 Å². The molecule has 0 heterocycles. The first-order valence-corrected chi connectivity index (χ1v) is 6.83. The van der Waals surface area contributed by atoms with Crippen LogP contribution in [0, 0.1) is 0 Å². The van der Waals surface area contributed by atoms with Gasteiger partial charge in [0.1, 0.15) is 18.3 Å². The Labute approximate surface area is 117 Å². The van der Waals surface area contributed by atoms with E-state index in [1.807, 2.05) is 0 Å². The van der Waals surface area contributed by atoms with Crippen LogP contribution in [0.25, 0.3) is 0 Å². The molecule has 0 aromatic rings. The molecule has 6 nitrogen and oxygen atoms in total. The number of nitrogens with one attached hydrogen (secondary N) is 2. The summed E-state index contributed by atoms with van der Waals surface area (Å²) in [6.07, 6.45) is -6.04. The van der Waals surface area contributed by atoms with Gasteiger partial charge < -0.3 is 20.4 Å². The predicted octanol–water partition coefficient (Wildman–Crippen LogP) is -1.57. The number of hydrogen-bond donors (Lipinski definition) is 6. The highest BCUT2D eigenvalue weighted by atomic mass is 35.5. The normalized spacial score (nSPS) is 18.7. The Hall–Kier alpha value is 0.340. The zero-order valence-electron chi connectivity index (χ0n) is 10.3. The Balaban J connectivity index is 4.45. The molecule has 0 amide bonds. The predicted molar refractivity (Wildman–Crippen MR) is 70.9 cm³/mol. The van der Waals surface area contributed by atoms with E-state index in [1.54, 1.807) is 0 Å². The van der Waals surface area contributed by atoms with Gasteiger partial charge >= 0.3 is 0 Å². The lowest BCUT2D eigenvalue weighted by molar-refractivity contribution is -0.111. The molecule has 110 valence electrons. The second-order valence-electron chi connectivity index (χ2n) is 3.98. The first-order valence-electron chi connectivity index (χ1n) is 5.76. The van der Waals surface area contributed by atoms with Crippen molar-refractivity contribution in [1.82, 2.24) is 10.6 Å². The smallest absolute Gasteiger partial charge is 0.111 e. The van der Waals surface area contributed by atoms with Gasteiger partial charge in [-0.3, -0.25) is 10.6 Å². The second-order valence-corrected chi connectivity index (χ2v) is 4.73. The quantitative estimate of drug-likeness (QED) is 0.215. The van der Waals surface area contributed by atoms with Gasteiger partial charge in [-0.1, -0.05) is 0 Å². The lowest BCUT2D eigenvalue weighted by Gasteiger charge is -2.31. The number of alkyl halides is 2. The van der Waals surface area contributed by atoms with Crippen LogP contribution in [-0.4, -0.2) is 75.9 Å². The summed E-state index contributed by atoms with van der Waals surface area (Å²) in [5, 5.41) is 44.1. The summed E-state index contributed by atoms with van der Waals surface area (Å²) >= 11 is 11.1. The van der Waals surface area contributed by atoms with Crippen LogP contribution in [0.2, 0.25) is 0 Å². The summed E-state index contributed by atoms with van der Waals surface area (Å²) in [6.45, 7) is 2.15. The van der Waals surface area contributed by atoms with Crippen molar-refractivity contribution in [2.24, 2.45) is 0 Å². The SMILES string of the molecule is C[C@@H](O)[C@@H](O)[C@H](O)[C@H](O)C(NCCCl)NCCCl. The monoisotopic (exact) mass is 304 g/mol. The van der Waals surface area contributed by atoms with Crippen molar-refractivity contribution in [3.05, 3.63) is 0 Å². The van der Waals surface area contributed by atoms with Crippen LogP contribution < -0.4 is 10.6 Å². The highest BCUT2D eigenvalue weighted by Gasteiger charge is 2.32. The van der Waals surface area contributed by atoms with E-state index in [9.17, 15) is 15.3 Å². The molecule has 0 fully saturated rings. The van der Waals surface area contributed by atoms with Gasteiger partial charge in [0.2, 0.25) is 0 Å². The average molecular weight is 305 g/mol. The van der Waals surface area contributed by atoms with Crippen LogP contribution in [0.15, 0.2) is 0 Å². The molecule has 0 spiro atoms. The van der Waals surface area contributed by atoms with Crippen LogP contribution in [0.1, 0.15) is 6.92 Å². The average Bonchev–Trinajstić information content (AvgIpc) is 2.36. The lowest BCUT2D eigenvalue weighted by Crippen LogP contribution is -2.59. The van der Waals surface area contributed by atoms with Gasteiger partial charge in [0, 0.05) is 24.8 Å². The van der Waals surface area contributed by atoms with Crippen molar-refractivity contribution in [3.8, 4) is 0 Å². The Morgan fingerprint density at radius 2 is 1.28 bits per heavy atom. The topological polar surface area (TPSA) is 105 Å². The molecule has 0 unspecified atom stereocenters. The van der Waals surface area contributed by atoms with Crippen molar-refractivity contribution in [1.29, 1.82) is 0 Å². The molecule has 0 aromatic carbocycles. The first kappa shape index (κ1) is 18.3. The van der Waals surface area contributed by atoms with E-state index in [-0.39, 0.29) is 0 Å². The molecule has 0 aliphatic carbocycles. The van der Waals surface area contributed by atoms with E-state index in [2.05, 4.69) is 10.6 Å². The van der Waals surface area contributed by atoms with Crippen LogP contribution >= 0.6 is 23.2 Å². The van der Waals surface area contributed by atoms with E-state index in [4.69, 9.17) is 28.3 Å². The number of aliphatic hydroxyl groups excluding tert-OH is 4. The highest BCUT2D eigenvalue weighted by molar-refractivity contribution is 6.18. The van der Waals surface area contributed by atoms with Gasteiger partial charge in [0.15, 0.2) is 0 Å². The summed E-state index contributed by atoms with van der Waals surface area (Å²) < 4.78 is 0. The van der Waals surface area contributed by atoms with E-state index in [0.29, 0.717) is 24.8 Å². The van der Waals surface area contributed by atoms with Crippen LogP contribution in [0.5, 0.6) is 0 Å². The maximum Gasteiger partial charge on any atom is 0.111 e. The van der Waals surface area contributed by atoms with Crippen LogP contribution in [0.3, 0.4) is 0 Å². The molecule has 0 aromatic heterocycles. The van der Waals surface area contributed by atoms with Crippen molar-refractivity contribution in [2.45, 2.75) is 37.5 Å². The highest BCUT2D eigenvalue weighted by Crippen LogP contribution is 2.07. The maximum atomic E-state index is 9.92. The van der Waals surface area contributed by atoms with Gasteiger partial charge in [0.25, 0.3) is 0 Å². The fourth-order valence-electron chi connectivity index (χ4n) is 1.42. The maximum absolute atomic E-state index is 9.92. The van der Waals surface area contributed by atoms with Crippen LogP contribution in [-0.2, 0) is 0 Å². The fourth-order valence-corrected chi connectivity index (χ4v) is 1.64. The standard InChI is InChI=1S/C10H22Cl2N2O4/c1-6(15)7(16)8(17)9(18)10(13-4-2-11)14-5-3-12/h6-10,13-18H,2-5H2,1H3/t6-,7-,8+,9+/m1/s1.